The summed E-state index contributed by atoms with van der Waals surface area (Å²) in [6, 6.07) is 2.01. The molecule has 0 heterocycles. The van der Waals surface area contributed by atoms with Crippen molar-refractivity contribution >= 4 is 5.91 Å². The Morgan fingerprint density at radius 3 is 2.31 bits per heavy atom. The van der Waals surface area contributed by atoms with E-state index in [-0.39, 0.29) is 17.9 Å². The molecule has 0 aromatic rings. The first-order chi connectivity index (χ1) is 7.81. The molecule has 3 unspecified atom stereocenters. The van der Waals surface area contributed by atoms with Gasteiger partial charge in [0.1, 0.15) is 6.04 Å². The monoisotopic (exact) mass is 218 g/mol. The van der Waals surface area contributed by atoms with Gasteiger partial charge >= 0.3 is 0 Å². The van der Waals surface area contributed by atoms with Gasteiger partial charge in [-0.1, -0.05) is 12.8 Å². The van der Waals surface area contributed by atoms with Gasteiger partial charge in [-0.05, 0) is 43.4 Å². The molecule has 1 amide bonds. The fraction of sp³-hybridized carbons (Fsp3) is 0.846. The molecule has 1 N–H and O–H groups in total. The first-order valence-electron chi connectivity index (χ1n) is 6.51. The highest BCUT2D eigenvalue weighted by Gasteiger charge is 2.55. The molecule has 3 nitrogen and oxygen atoms in total. The van der Waals surface area contributed by atoms with E-state index in [2.05, 4.69) is 11.4 Å². The molecule has 0 aliphatic heterocycles. The van der Waals surface area contributed by atoms with Crippen LogP contribution < -0.4 is 5.32 Å². The van der Waals surface area contributed by atoms with Crippen LogP contribution in [-0.4, -0.2) is 11.9 Å². The molecule has 3 rings (SSSR count). The lowest BCUT2D eigenvalue weighted by Crippen LogP contribution is -2.36. The van der Waals surface area contributed by atoms with Crippen LogP contribution >= 0.6 is 0 Å². The number of fused-ring (bicyclic) bond motifs is 1. The van der Waals surface area contributed by atoms with E-state index in [9.17, 15) is 4.79 Å². The van der Waals surface area contributed by atoms with Gasteiger partial charge in [-0.3, -0.25) is 4.79 Å². The summed E-state index contributed by atoms with van der Waals surface area (Å²) in [7, 11) is 0. The predicted molar refractivity (Wildman–Crippen MR) is 59.2 cm³/mol. The number of hydrogen-bond acceptors (Lipinski definition) is 2. The number of nitrogens with zero attached hydrogens (tertiary/aromatic N) is 1. The van der Waals surface area contributed by atoms with Crippen LogP contribution in [0.15, 0.2) is 0 Å². The maximum absolute atomic E-state index is 12.0. The van der Waals surface area contributed by atoms with Crippen LogP contribution in [0.5, 0.6) is 0 Å². The quantitative estimate of drug-likeness (QED) is 0.785. The lowest BCUT2D eigenvalue weighted by Gasteiger charge is -2.09. The SMILES string of the molecule is N#CC(NC(=O)C1C2CCCCC21)C1CC1. The van der Waals surface area contributed by atoms with E-state index in [1.54, 1.807) is 0 Å². The van der Waals surface area contributed by atoms with E-state index in [1.807, 2.05) is 0 Å². The third-order valence-electron chi connectivity index (χ3n) is 4.49. The average molecular weight is 218 g/mol. The van der Waals surface area contributed by atoms with Crippen molar-refractivity contribution in [1.82, 2.24) is 5.32 Å². The van der Waals surface area contributed by atoms with Crippen LogP contribution in [0.25, 0.3) is 0 Å². The van der Waals surface area contributed by atoms with Gasteiger partial charge < -0.3 is 5.32 Å². The van der Waals surface area contributed by atoms with Gasteiger partial charge in [0.05, 0.1) is 6.07 Å². The Hall–Kier alpha value is -1.04. The van der Waals surface area contributed by atoms with E-state index in [0.29, 0.717) is 17.8 Å². The van der Waals surface area contributed by atoms with Crippen molar-refractivity contribution in [2.24, 2.45) is 23.7 Å². The standard InChI is InChI=1S/C13H18N2O/c14-7-11(8-5-6-8)15-13(16)12-9-3-1-2-4-10(9)12/h8-12H,1-6H2,(H,15,16). The molecule has 0 aromatic carbocycles. The molecule has 3 aliphatic carbocycles. The minimum atomic E-state index is -0.213. The first-order valence-corrected chi connectivity index (χ1v) is 6.51. The van der Waals surface area contributed by atoms with Crippen molar-refractivity contribution in [3.8, 4) is 6.07 Å². The summed E-state index contributed by atoms with van der Waals surface area (Å²) < 4.78 is 0. The van der Waals surface area contributed by atoms with Gasteiger partial charge in [-0.15, -0.1) is 0 Å². The Morgan fingerprint density at radius 2 is 1.81 bits per heavy atom. The zero-order valence-corrected chi connectivity index (χ0v) is 9.48. The number of carbonyl (C=O) groups excluding carboxylic acids is 1. The summed E-state index contributed by atoms with van der Waals surface area (Å²) in [5.41, 5.74) is 0. The van der Waals surface area contributed by atoms with E-state index in [4.69, 9.17) is 5.26 Å². The zero-order valence-electron chi connectivity index (χ0n) is 9.48. The molecule has 16 heavy (non-hydrogen) atoms. The molecule has 3 saturated carbocycles. The second-order valence-electron chi connectivity index (χ2n) is 5.59. The van der Waals surface area contributed by atoms with Gasteiger partial charge in [0.2, 0.25) is 5.91 Å². The molecule has 0 spiro atoms. The van der Waals surface area contributed by atoms with Gasteiger partial charge in [0.15, 0.2) is 0 Å². The zero-order chi connectivity index (χ0) is 11.1. The summed E-state index contributed by atoms with van der Waals surface area (Å²) in [6.45, 7) is 0. The van der Waals surface area contributed by atoms with Crippen molar-refractivity contribution in [2.45, 2.75) is 44.6 Å². The second kappa shape index (κ2) is 3.76. The Balaban J connectivity index is 1.56. The van der Waals surface area contributed by atoms with Crippen molar-refractivity contribution < 1.29 is 4.79 Å². The summed E-state index contributed by atoms with van der Waals surface area (Å²) in [6.07, 6.45) is 7.24. The van der Waals surface area contributed by atoms with E-state index < -0.39 is 0 Å². The Morgan fingerprint density at radius 1 is 1.19 bits per heavy atom. The highest BCUT2D eigenvalue weighted by Crippen LogP contribution is 2.55. The number of nitrogens with one attached hydrogen (secondary N) is 1. The summed E-state index contributed by atoms with van der Waals surface area (Å²) in [4.78, 5) is 12.0. The molecular formula is C13H18N2O. The third-order valence-corrected chi connectivity index (χ3v) is 4.49. The van der Waals surface area contributed by atoms with Crippen molar-refractivity contribution in [2.75, 3.05) is 0 Å². The van der Waals surface area contributed by atoms with Crippen molar-refractivity contribution in [1.29, 1.82) is 5.26 Å². The van der Waals surface area contributed by atoms with Gasteiger partial charge in [-0.2, -0.15) is 5.26 Å². The molecule has 0 aromatic heterocycles. The van der Waals surface area contributed by atoms with Crippen LogP contribution in [0, 0.1) is 35.0 Å². The first kappa shape index (κ1) is 10.1. The minimum Gasteiger partial charge on any atom is -0.340 e. The second-order valence-corrected chi connectivity index (χ2v) is 5.59. The molecule has 3 fully saturated rings. The van der Waals surface area contributed by atoms with Crippen LogP contribution in [0.2, 0.25) is 0 Å². The number of rotatable bonds is 3. The molecule has 0 bridgehead atoms. The Labute approximate surface area is 96.2 Å². The maximum atomic E-state index is 12.0. The number of amides is 1. The molecule has 3 heteroatoms. The predicted octanol–water partition coefficient (Wildman–Crippen LogP) is 1.84. The maximum Gasteiger partial charge on any atom is 0.224 e. The molecule has 3 aliphatic rings. The van der Waals surface area contributed by atoms with E-state index in [1.165, 1.54) is 25.7 Å². The van der Waals surface area contributed by atoms with E-state index in [0.717, 1.165) is 12.8 Å². The topological polar surface area (TPSA) is 52.9 Å². The lowest BCUT2D eigenvalue weighted by atomic mass is 10.0. The Kier molecular flexibility index (Phi) is 2.38. The molecule has 3 atom stereocenters. The summed E-state index contributed by atoms with van der Waals surface area (Å²) in [5.74, 6) is 2.14. The van der Waals surface area contributed by atoms with Crippen LogP contribution in [0.3, 0.4) is 0 Å². The summed E-state index contributed by atoms with van der Waals surface area (Å²) >= 11 is 0. The third kappa shape index (κ3) is 1.71. The molecule has 0 radical (unpaired) electrons. The molecule has 86 valence electrons. The fourth-order valence-electron chi connectivity index (χ4n) is 3.32. The largest absolute Gasteiger partial charge is 0.340 e. The lowest BCUT2D eigenvalue weighted by molar-refractivity contribution is -0.123. The van der Waals surface area contributed by atoms with Gasteiger partial charge in [0.25, 0.3) is 0 Å². The van der Waals surface area contributed by atoms with E-state index >= 15 is 0 Å². The van der Waals surface area contributed by atoms with Gasteiger partial charge in [0, 0.05) is 5.92 Å². The minimum absolute atomic E-state index is 0.162. The number of nitriles is 1. The fourth-order valence-corrected chi connectivity index (χ4v) is 3.32. The number of carbonyl (C=O) groups is 1. The molecule has 0 saturated heterocycles. The number of hydrogen-bond donors (Lipinski definition) is 1. The normalized spacial score (nSPS) is 38.1. The highest BCUT2D eigenvalue weighted by molar-refractivity contribution is 5.82. The van der Waals surface area contributed by atoms with Crippen LogP contribution in [0.4, 0.5) is 0 Å². The average Bonchev–Trinajstić information content (AvgIpc) is 3.16. The van der Waals surface area contributed by atoms with Crippen LogP contribution in [0.1, 0.15) is 38.5 Å². The summed E-state index contributed by atoms with van der Waals surface area (Å²) in [5, 5.41) is 11.9. The van der Waals surface area contributed by atoms with Crippen molar-refractivity contribution in [3.05, 3.63) is 0 Å². The van der Waals surface area contributed by atoms with Gasteiger partial charge in [-0.25, -0.2) is 0 Å². The van der Waals surface area contributed by atoms with Crippen LogP contribution in [-0.2, 0) is 4.79 Å². The van der Waals surface area contributed by atoms with Crippen molar-refractivity contribution in [3.63, 3.8) is 0 Å². The smallest absolute Gasteiger partial charge is 0.224 e. The Bertz CT molecular complexity index is 330. The molecular weight excluding hydrogens is 200 g/mol. The highest BCUT2D eigenvalue weighted by atomic mass is 16.2.